The van der Waals surface area contributed by atoms with Gasteiger partial charge in [0.2, 0.25) is 5.95 Å². The van der Waals surface area contributed by atoms with E-state index in [2.05, 4.69) is 25.2 Å². The number of hydrogen-bond acceptors (Lipinski definition) is 11. The van der Waals surface area contributed by atoms with Crippen LogP contribution in [0.2, 0.25) is 5.02 Å². The second kappa shape index (κ2) is 12.7. The van der Waals surface area contributed by atoms with E-state index in [1.165, 1.54) is 24.5 Å². The van der Waals surface area contributed by atoms with Crippen LogP contribution in [0.25, 0.3) is 0 Å². The number of allylic oxidation sites excluding steroid dienone is 1. The van der Waals surface area contributed by atoms with Gasteiger partial charge in [-0.05, 0) is 25.8 Å². The quantitative estimate of drug-likeness (QED) is 0.379. The number of aliphatic imine (C=N–C) groups is 1. The highest BCUT2D eigenvalue weighted by Gasteiger charge is 2.38. The normalized spacial score (nSPS) is 17.6. The molecule has 1 unspecified atom stereocenters. The Labute approximate surface area is 245 Å². The monoisotopic (exact) mass is 598 g/mol. The molecule has 1 saturated heterocycles. The minimum Gasteiger partial charge on any atom is -0.466 e. The Hall–Kier alpha value is -3.90. The van der Waals surface area contributed by atoms with Crippen LogP contribution in [0.15, 0.2) is 58.4 Å². The summed E-state index contributed by atoms with van der Waals surface area (Å²) in [5.41, 5.74) is 2.00. The smallest absolute Gasteiger partial charge is 0.338 e. The molecule has 0 radical (unpaired) electrons. The Bertz CT molecular complexity index is 1470. The summed E-state index contributed by atoms with van der Waals surface area (Å²) in [5.74, 6) is -0.509. The van der Waals surface area contributed by atoms with Crippen molar-refractivity contribution in [3.63, 3.8) is 0 Å². The van der Waals surface area contributed by atoms with Crippen molar-refractivity contribution in [3.8, 4) is 0 Å². The van der Waals surface area contributed by atoms with Gasteiger partial charge in [0.05, 0.1) is 30.7 Å². The van der Waals surface area contributed by atoms with Gasteiger partial charge < -0.3 is 19.7 Å². The van der Waals surface area contributed by atoms with E-state index in [0.717, 1.165) is 0 Å². The molecule has 1 N–H and O–H groups in total. The Morgan fingerprint density at radius 3 is 2.61 bits per heavy atom. The first-order chi connectivity index (χ1) is 19.9. The Morgan fingerprint density at radius 1 is 1.20 bits per heavy atom. The number of thiazole rings is 1. The van der Waals surface area contributed by atoms with Gasteiger partial charge in [0.15, 0.2) is 10.8 Å². The van der Waals surface area contributed by atoms with Crippen LogP contribution in [0.3, 0.4) is 0 Å². The van der Waals surface area contributed by atoms with E-state index >= 15 is 0 Å². The largest absolute Gasteiger partial charge is 0.466 e. The zero-order valence-electron chi connectivity index (χ0n) is 22.5. The molecule has 3 aromatic rings. The zero-order valence-corrected chi connectivity index (χ0v) is 24.0. The molecule has 2 aliphatic heterocycles. The van der Waals surface area contributed by atoms with E-state index in [9.17, 15) is 14.0 Å². The zero-order chi connectivity index (χ0) is 28.9. The second-order valence-electron chi connectivity index (χ2n) is 9.44. The summed E-state index contributed by atoms with van der Waals surface area (Å²) >= 11 is 7.79. The number of aromatic nitrogens is 3. The van der Waals surface area contributed by atoms with Crippen molar-refractivity contribution in [2.45, 2.75) is 32.2 Å². The number of piperidine rings is 1. The summed E-state index contributed by atoms with van der Waals surface area (Å²) < 4.78 is 24.7. The minimum atomic E-state index is -0.880. The third-order valence-electron chi connectivity index (χ3n) is 6.92. The van der Waals surface area contributed by atoms with Crippen LogP contribution in [-0.2, 0) is 25.5 Å². The Balaban J connectivity index is 1.42. The lowest BCUT2D eigenvalue weighted by atomic mass is 9.85. The molecule has 0 bridgehead atoms. The van der Waals surface area contributed by atoms with Gasteiger partial charge in [-0.2, -0.15) is 0 Å². The maximum atomic E-state index is 14.5. The van der Waals surface area contributed by atoms with Crippen molar-refractivity contribution in [2.75, 3.05) is 31.7 Å². The van der Waals surface area contributed by atoms with Gasteiger partial charge in [-0.3, -0.25) is 9.79 Å². The van der Waals surface area contributed by atoms with Crippen molar-refractivity contribution in [3.05, 3.63) is 80.4 Å². The van der Waals surface area contributed by atoms with Crippen LogP contribution in [-0.4, -0.2) is 59.5 Å². The van der Waals surface area contributed by atoms with Crippen LogP contribution in [0.1, 0.15) is 41.9 Å². The summed E-state index contributed by atoms with van der Waals surface area (Å²) in [4.78, 5) is 45.1. The van der Waals surface area contributed by atoms with E-state index in [-0.39, 0.29) is 23.3 Å². The molecule has 0 aliphatic carbocycles. The topological polar surface area (TPSA) is 119 Å². The number of hydrogen-bond donors (Lipinski definition) is 1. The van der Waals surface area contributed by atoms with Crippen LogP contribution in [0.5, 0.6) is 0 Å². The highest BCUT2D eigenvalue weighted by molar-refractivity contribution is 7.11. The minimum absolute atomic E-state index is 0.0660. The molecular weight excluding hydrogens is 571 g/mol. The predicted octanol–water partition coefficient (Wildman–Crippen LogP) is 4.27. The van der Waals surface area contributed by atoms with E-state index in [1.54, 1.807) is 37.6 Å². The first-order valence-corrected chi connectivity index (χ1v) is 14.4. The average molecular weight is 599 g/mol. The molecule has 1 fully saturated rings. The fourth-order valence-electron chi connectivity index (χ4n) is 4.98. The van der Waals surface area contributed by atoms with E-state index < -0.39 is 17.8 Å². The highest BCUT2D eigenvalue weighted by atomic mass is 35.5. The first kappa shape index (κ1) is 28.6. The number of anilines is 1. The number of benzene rings is 1. The summed E-state index contributed by atoms with van der Waals surface area (Å²) in [7, 11) is 1.31. The molecule has 10 nitrogen and oxygen atoms in total. The Kier molecular flexibility index (Phi) is 8.89. The van der Waals surface area contributed by atoms with Gasteiger partial charge in [-0.15, -0.1) is 11.3 Å². The Morgan fingerprint density at radius 2 is 1.95 bits per heavy atom. The maximum Gasteiger partial charge on any atom is 0.338 e. The van der Waals surface area contributed by atoms with Crippen molar-refractivity contribution in [1.29, 1.82) is 0 Å². The predicted molar refractivity (Wildman–Crippen MR) is 152 cm³/mol. The molecule has 2 aromatic heterocycles. The fraction of sp³-hybridized carbons (Fsp3) is 0.357. The molecule has 214 valence electrons. The molecule has 0 spiro atoms. The second-order valence-corrected chi connectivity index (χ2v) is 10.7. The van der Waals surface area contributed by atoms with Gasteiger partial charge in [-0.1, -0.05) is 23.7 Å². The molecule has 41 heavy (non-hydrogen) atoms. The van der Waals surface area contributed by atoms with Gasteiger partial charge in [-0.25, -0.2) is 24.1 Å². The number of rotatable bonds is 8. The SMILES string of the molecule is CCOC(=O)Cc1cnc(N2CCC(C3=C(C(=O)OC)C(c4cccc(F)c4Cl)N=C(c4nccs4)N3)CC2)nc1. The molecule has 2 aliphatic rings. The fourth-order valence-corrected chi connectivity index (χ4v) is 5.79. The number of ether oxygens (including phenoxy) is 2. The first-order valence-electron chi connectivity index (χ1n) is 13.1. The standard InChI is InChI=1S/C28H28ClFN6O4S/c1-3-40-20(37)13-16-14-32-28(33-15-16)36-10-7-17(8-11-36)23-21(27(38)39-2)24(18-5-4-6-19(30)22(18)29)35-25(34-23)26-31-9-12-41-26/h4-6,9,12,14-15,17,24H,3,7-8,10-11,13H2,1-2H3,(H,34,35). The van der Waals surface area contributed by atoms with Crippen molar-refractivity contribution >= 4 is 46.7 Å². The summed E-state index contributed by atoms with van der Waals surface area (Å²) in [6.07, 6.45) is 6.40. The van der Waals surface area contributed by atoms with Gasteiger partial charge in [0, 0.05) is 59.8 Å². The van der Waals surface area contributed by atoms with Crippen LogP contribution in [0.4, 0.5) is 10.3 Å². The molecule has 1 aromatic carbocycles. The number of methoxy groups -OCH3 is 1. The van der Waals surface area contributed by atoms with Gasteiger partial charge in [0.25, 0.3) is 0 Å². The van der Waals surface area contributed by atoms with Crippen LogP contribution < -0.4 is 10.2 Å². The molecule has 0 amide bonds. The van der Waals surface area contributed by atoms with Crippen molar-refractivity contribution < 1.29 is 23.5 Å². The number of halogens is 2. The third kappa shape index (κ3) is 6.23. The lowest BCUT2D eigenvalue weighted by Gasteiger charge is -2.36. The molecule has 4 heterocycles. The summed E-state index contributed by atoms with van der Waals surface area (Å²) in [5, 5.41) is 5.73. The van der Waals surface area contributed by atoms with Gasteiger partial charge >= 0.3 is 11.9 Å². The molecule has 1 atom stereocenters. The van der Waals surface area contributed by atoms with Crippen molar-refractivity contribution in [2.24, 2.45) is 10.9 Å². The molecular formula is C28H28ClFN6O4S. The average Bonchev–Trinajstić information content (AvgIpc) is 3.54. The third-order valence-corrected chi connectivity index (χ3v) is 8.10. The van der Waals surface area contributed by atoms with E-state index in [4.69, 9.17) is 26.1 Å². The van der Waals surface area contributed by atoms with E-state index in [0.29, 0.717) is 71.7 Å². The number of esters is 2. The van der Waals surface area contributed by atoms with Gasteiger partial charge in [0.1, 0.15) is 11.9 Å². The lowest BCUT2D eigenvalue weighted by molar-refractivity contribution is -0.142. The molecule has 13 heteroatoms. The van der Waals surface area contributed by atoms with Crippen molar-refractivity contribution in [1.82, 2.24) is 20.3 Å². The molecule has 0 saturated carbocycles. The van der Waals surface area contributed by atoms with Crippen LogP contribution >= 0.6 is 22.9 Å². The summed E-state index contributed by atoms with van der Waals surface area (Å²) in [6, 6.07) is 3.59. The number of carbonyl (C=O) groups excluding carboxylic acids is 2. The molecule has 5 rings (SSSR count). The number of amidine groups is 1. The lowest BCUT2D eigenvalue weighted by Crippen LogP contribution is -2.42. The maximum absolute atomic E-state index is 14.5. The van der Waals surface area contributed by atoms with Crippen LogP contribution in [0, 0.1) is 11.7 Å². The number of nitrogens with zero attached hydrogens (tertiary/aromatic N) is 5. The highest BCUT2D eigenvalue weighted by Crippen LogP contribution is 2.40. The number of carbonyl (C=O) groups is 2. The van der Waals surface area contributed by atoms with E-state index in [1.807, 2.05) is 5.38 Å². The number of nitrogens with one attached hydrogen (secondary N) is 1. The summed E-state index contributed by atoms with van der Waals surface area (Å²) in [6.45, 7) is 3.33.